The van der Waals surface area contributed by atoms with Gasteiger partial charge in [-0.15, -0.1) is 0 Å². The normalized spacial score (nSPS) is 57.9. The third kappa shape index (κ3) is 1.85. The highest BCUT2D eigenvalue weighted by molar-refractivity contribution is 5.87. The van der Waals surface area contributed by atoms with Crippen molar-refractivity contribution < 1.29 is 9.90 Å². The molecule has 0 aromatic heterocycles. The molecule has 4 fully saturated rings. The minimum atomic E-state index is -0.0865. The topological polar surface area (TPSA) is 37.3 Å². The Balaban J connectivity index is 1.65. The molecule has 4 aliphatic carbocycles. The van der Waals surface area contributed by atoms with Crippen LogP contribution in [-0.2, 0) is 4.79 Å². The van der Waals surface area contributed by atoms with Gasteiger partial charge in [-0.25, -0.2) is 0 Å². The number of carbonyl (C=O) groups excluding carboxylic acids is 1. The first-order valence-corrected chi connectivity index (χ1v) is 9.57. The largest absolute Gasteiger partial charge is 0.393 e. The second-order valence-electron chi connectivity index (χ2n) is 9.56. The maximum absolute atomic E-state index is 12.4. The molecule has 4 aliphatic rings. The highest BCUT2D eigenvalue weighted by atomic mass is 16.3. The minimum Gasteiger partial charge on any atom is -0.393 e. The van der Waals surface area contributed by atoms with Crippen molar-refractivity contribution in [2.45, 2.75) is 78.2 Å². The maximum atomic E-state index is 12.4. The highest BCUT2D eigenvalue weighted by Crippen LogP contribution is 2.65. The molecule has 8 atom stereocenters. The van der Waals surface area contributed by atoms with E-state index in [1.165, 1.54) is 25.7 Å². The molecule has 0 amide bonds. The van der Waals surface area contributed by atoms with Crippen LogP contribution in [0.25, 0.3) is 0 Å². The number of hydrogen-bond acceptors (Lipinski definition) is 2. The summed E-state index contributed by atoms with van der Waals surface area (Å²) < 4.78 is 0. The van der Waals surface area contributed by atoms with E-state index in [-0.39, 0.29) is 11.5 Å². The van der Waals surface area contributed by atoms with E-state index in [4.69, 9.17) is 0 Å². The third-order valence-electron chi connectivity index (χ3n) is 8.72. The molecule has 4 rings (SSSR count). The predicted octanol–water partition coefficient (Wildman–Crippen LogP) is 4.21. The van der Waals surface area contributed by atoms with E-state index >= 15 is 0 Å². The molecule has 0 aromatic rings. The lowest BCUT2D eigenvalue weighted by Crippen LogP contribution is -2.55. The Hall–Kier alpha value is -0.370. The highest BCUT2D eigenvalue weighted by Gasteiger charge is 2.60. The van der Waals surface area contributed by atoms with Crippen LogP contribution in [0.5, 0.6) is 0 Å². The van der Waals surface area contributed by atoms with E-state index in [1.807, 2.05) is 0 Å². The fraction of sp³-hybridized carbons (Fsp3) is 0.950. The lowest BCUT2D eigenvalue weighted by atomic mass is 9.44. The molecule has 8 unspecified atom stereocenters. The molecule has 2 nitrogen and oxygen atoms in total. The number of fused-ring (bicyclic) bond motifs is 5. The van der Waals surface area contributed by atoms with Crippen molar-refractivity contribution in [1.29, 1.82) is 0 Å². The lowest BCUT2D eigenvalue weighted by molar-refractivity contribution is -0.148. The molecular formula is C20H32O2. The summed E-state index contributed by atoms with van der Waals surface area (Å²) in [7, 11) is 0. The molecule has 0 saturated heterocycles. The Kier molecular flexibility index (Phi) is 3.32. The van der Waals surface area contributed by atoms with Crippen molar-refractivity contribution in [2.75, 3.05) is 0 Å². The Morgan fingerprint density at radius 1 is 1.09 bits per heavy atom. The predicted molar refractivity (Wildman–Crippen MR) is 87.3 cm³/mol. The summed E-state index contributed by atoms with van der Waals surface area (Å²) in [5, 5.41) is 10.3. The summed E-state index contributed by atoms with van der Waals surface area (Å²) in [6.45, 7) is 7.03. The van der Waals surface area contributed by atoms with E-state index in [0.717, 1.165) is 37.5 Å². The first-order chi connectivity index (χ1) is 10.4. The van der Waals surface area contributed by atoms with Crippen molar-refractivity contribution in [2.24, 2.45) is 40.4 Å². The summed E-state index contributed by atoms with van der Waals surface area (Å²) in [6, 6.07) is 0. The zero-order chi connectivity index (χ0) is 15.7. The average molecular weight is 304 g/mol. The first kappa shape index (κ1) is 15.2. The van der Waals surface area contributed by atoms with Gasteiger partial charge >= 0.3 is 0 Å². The second kappa shape index (κ2) is 4.82. The van der Waals surface area contributed by atoms with Crippen LogP contribution in [0.3, 0.4) is 0 Å². The summed E-state index contributed by atoms with van der Waals surface area (Å²) in [5.74, 6) is 3.92. The van der Waals surface area contributed by atoms with E-state index in [9.17, 15) is 9.90 Å². The van der Waals surface area contributed by atoms with Crippen LogP contribution in [0.15, 0.2) is 0 Å². The van der Waals surface area contributed by atoms with Gasteiger partial charge < -0.3 is 5.11 Å². The fourth-order valence-electron chi connectivity index (χ4n) is 7.36. The molecule has 4 saturated carbocycles. The summed E-state index contributed by atoms with van der Waals surface area (Å²) in [6.07, 6.45) is 9.06. The van der Waals surface area contributed by atoms with E-state index in [0.29, 0.717) is 29.0 Å². The standard InChI is InChI=1S/C20H32O2/c1-12-11-20(3)13(10-17(12)21)4-5-14-15-6-7-18(22)19(15,2)9-8-16(14)20/h12-17,21H,4-11H2,1-3H3. The quantitative estimate of drug-likeness (QED) is 0.728. The van der Waals surface area contributed by atoms with Gasteiger partial charge in [0.2, 0.25) is 0 Å². The van der Waals surface area contributed by atoms with Crippen LogP contribution >= 0.6 is 0 Å². The molecule has 1 N–H and O–H groups in total. The molecule has 0 heterocycles. The summed E-state index contributed by atoms with van der Waals surface area (Å²) in [4.78, 5) is 12.4. The van der Waals surface area contributed by atoms with Gasteiger partial charge in [0.25, 0.3) is 0 Å². The average Bonchev–Trinajstić information content (AvgIpc) is 2.77. The summed E-state index contributed by atoms with van der Waals surface area (Å²) in [5.41, 5.74) is 0.415. The van der Waals surface area contributed by atoms with Crippen LogP contribution in [0.2, 0.25) is 0 Å². The third-order valence-corrected chi connectivity index (χ3v) is 8.72. The smallest absolute Gasteiger partial charge is 0.139 e. The van der Waals surface area contributed by atoms with Gasteiger partial charge in [0, 0.05) is 11.8 Å². The maximum Gasteiger partial charge on any atom is 0.139 e. The van der Waals surface area contributed by atoms with Gasteiger partial charge in [-0.05, 0) is 80.0 Å². The Labute approximate surface area is 135 Å². The molecule has 2 heteroatoms. The fourth-order valence-corrected chi connectivity index (χ4v) is 7.36. The first-order valence-electron chi connectivity index (χ1n) is 9.57. The van der Waals surface area contributed by atoms with Gasteiger partial charge in [0.05, 0.1) is 6.10 Å². The number of aliphatic hydroxyl groups is 1. The monoisotopic (exact) mass is 304 g/mol. The van der Waals surface area contributed by atoms with Crippen molar-refractivity contribution in [3.05, 3.63) is 0 Å². The van der Waals surface area contributed by atoms with Crippen LogP contribution in [0.1, 0.15) is 72.1 Å². The molecule has 0 aliphatic heterocycles. The zero-order valence-corrected chi connectivity index (χ0v) is 14.5. The van der Waals surface area contributed by atoms with Crippen LogP contribution < -0.4 is 0 Å². The van der Waals surface area contributed by atoms with Crippen LogP contribution in [0, 0.1) is 40.4 Å². The van der Waals surface area contributed by atoms with Crippen LogP contribution in [-0.4, -0.2) is 17.0 Å². The lowest BCUT2D eigenvalue weighted by Gasteiger charge is -2.61. The molecule has 0 radical (unpaired) electrons. The number of carbonyl (C=O) groups is 1. The van der Waals surface area contributed by atoms with Gasteiger partial charge in [0.15, 0.2) is 0 Å². The van der Waals surface area contributed by atoms with Crippen molar-refractivity contribution in [3.63, 3.8) is 0 Å². The number of aliphatic hydroxyl groups excluding tert-OH is 1. The Morgan fingerprint density at radius 2 is 1.86 bits per heavy atom. The van der Waals surface area contributed by atoms with Gasteiger partial charge in [-0.2, -0.15) is 0 Å². The molecule has 22 heavy (non-hydrogen) atoms. The Bertz CT molecular complexity index is 486. The number of hydrogen-bond donors (Lipinski definition) is 1. The zero-order valence-electron chi connectivity index (χ0n) is 14.5. The number of Topliss-reactive ketones (excluding diaryl/α,β-unsaturated/α-hetero) is 1. The van der Waals surface area contributed by atoms with Crippen molar-refractivity contribution in [3.8, 4) is 0 Å². The number of ketones is 1. The number of rotatable bonds is 0. The van der Waals surface area contributed by atoms with E-state index in [1.54, 1.807) is 0 Å². The SMILES string of the molecule is CC1CC2(C)C(CCC3C4CCC(=O)C4(C)CCC32)CC1O. The van der Waals surface area contributed by atoms with Crippen molar-refractivity contribution in [1.82, 2.24) is 0 Å². The molecule has 0 bridgehead atoms. The molecule has 124 valence electrons. The summed E-state index contributed by atoms with van der Waals surface area (Å²) >= 11 is 0. The second-order valence-corrected chi connectivity index (χ2v) is 9.56. The molecular weight excluding hydrogens is 272 g/mol. The van der Waals surface area contributed by atoms with Gasteiger partial charge in [-0.3, -0.25) is 4.79 Å². The van der Waals surface area contributed by atoms with Crippen molar-refractivity contribution >= 4 is 5.78 Å². The van der Waals surface area contributed by atoms with E-state index < -0.39 is 0 Å². The van der Waals surface area contributed by atoms with Crippen LogP contribution in [0.4, 0.5) is 0 Å². The van der Waals surface area contributed by atoms with Gasteiger partial charge in [0.1, 0.15) is 5.78 Å². The van der Waals surface area contributed by atoms with Gasteiger partial charge in [-0.1, -0.05) is 20.8 Å². The minimum absolute atomic E-state index is 0.00413. The molecule has 0 aromatic carbocycles. The Morgan fingerprint density at radius 3 is 2.64 bits per heavy atom. The van der Waals surface area contributed by atoms with E-state index in [2.05, 4.69) is 20.8 Å². The molecule has 0 spiro atoms.